The van der Waals surface area contributed by atoms with Crippen molar-refractivity contribution in [2.24, 2.45) is 0 Å². The van der Waals surface area contributed by atoms with E-state index in [1.807, 2.05) is 13.8 Å². The number of pyridine rings is 1. The third-order valence-electron chi connectivity index (χ3n) is 3.52. The number of nitrogens with zero attached hydrogens (tertiary/aromatic N) is 1. The summed E-state index contributed by atoms with van der Waals surface area (Å²) < 4.78 is 11.9. The monoisotopic (exact) mass is 364 g/mol. The second kappa shape index (κ2) is 8.58. The summed E-state index contributed by atoms with van der Waals surface area (Å²) in [6, 6.07) is 6.63. The number of carbonyl (C=O) groups excluding carboxylic acids is 1. The zero-order valence-corrected chi connectivity index (χ0v) is 15.2. The van der Waals surface area contributed by atoms with E-state index in [2.05, 4.69) is 5.32 Å². The van der Waals surface area contributed by atoms with Gasteiger partial charge in [0.2, 0.25) is 5.91 Å². The van der Waals surface area contributed by atoms with Gasteiger partial charge in [0.1, 0.15) is 12.3 Å². The molecule has 25 heavy (non-hydrogen) atoms. The molecule has 1 heterocycles. The molecular weight excluding hydrogens is 344 g/mol. The topological polar surface area (TPSA) is 69.6 Å². The smallest absolute Gasteiger partial charge is 0.293 e. The number of rotatable bonds is 7. The molecule has 0 atom stereocenters. The molecule has 0 fully saturated rings. The van der Waals surface area contributed by atoms with Crippen molar-refractivity contribution in [3.05, 3.63) is 51.4 Å². The summed E-state index contributed by atoms with van der Waals surface area (Å²) in [5, 5.41) is 3.29. The number of aryl methyl sites for hydroxylation is 1. The highest BCUT2D eigenvalue weighted by molar-refractivity contribution is 6.31. The molecule has 0 saturated carbocycles. The van der Waals surface area contributed by atoms with Crippen molar-refractivity contribution < 1.29 is 14.3 Å². The molecule has 1 aromatic heterocycles. The second-order valence-electron chi connectivity index (χ2n) is 5.50. The Labute approximate surface area is 151 Å². The maximum absolute atomic E-state index is 12.3. The van der Waals surface area contributed by atoms with Crippen LogP contribution in [0.25, 0.3) is 0 Å². The Bertz CT molecular complexity index is 817. The molecule has 1 amide bonds. The van der Waals surface area contributed by atoms with E-state index in [1.54, 1.807) is 30.5 Å². The third kappa shape index (κ3) is 4.76. The average molecular weight is 365 g/mol. The summed E-state index contributed by atoms with van der Waals surface area (Å²) in [5.74, 6) is 0.336. The van der Waals surface area contributed by atoms with E-state index < -0.39 is 0 Å². The minimum atomic E-state index is -0.352. The van der Waals surface area contributed by atoms with Crippen LogP contribution in [0.1, 0.15) is 18.9 Å². The minimum Gasteiger partial charge on any atom is -0.495 e. The molecule has 134 valence electrons. The van der Waals surface area contributed by atoms with E-state index in [1.165, 1.54) is 11.7 Å². The summed E-state index contributed by atoms with van der Waals surface area (Å²) in [6.45, 7) is 4.10. The van der Waals surface area contributed by atoms with E-state index in [4.69, 9.17) is 21.1 Å². The summed E-state index contributed by atoms with van der Waals surface area (Å²) in [5.41, 5.74) is 0.969. The van der Waals surface area contributed by atoms with Gasteiger partial charge in [0.05, 0.1) is 19.4 Å². The number of anilines is 1. The van der Waals surface area contributed by atoms with Crippen molar-refractivity contribution in [1.82, 2.24) is 4.57 Å². The van der Waals surface area contributed by atoms with Crippen molar-refractivity contribution in [1.29, 1.82) is 0 Å². The standard InChI is InChI=1S/C18H21ClN2O4/c1-4-8-25-15-6-5-7-21(18(15)23)11-17(22)20-14-9-12(2)13(19)10-16(14)24-3/h5-7,9-10H,4,8,11H2,1-3H3,(H,20,22). The summed E-state index contributed by atoms with van der Waals surface area (Å²) in [4.78, 5) is 24.6. The molecule has 2 aromatic rings. The first-order valence-corrected chi connectivity index (χ1v) is 8.30. The first kappa shape index (κ1) is 18.9. The summed E-state index contributed by atoms with van der Waals surface area (Å²) >= 11 is 6.06. The Morgan fingerprint density at radius 3 is 2.76 bits per heavy atom. The lowest BCUT2D eigenvalue weighted by Crippen LogP contribution is -2.28. The zero-order valence-electron chi connectivity index (χ0n) is 14.5. The van der Waals surface area contributed by atoms with Crippen LogP contribution in [0, 0.1) is 6.92 Å². The molecule has 0 aliphatic rings. The number of halogens is 1. The molecule has 0 bridgehead atoms. The van der Waals surface area contributed by atoms with E-state index >= 15 is 0 Å². The van der Waals surface area contributed by atoms with Gasteiger partial charge in [0.15, 0.2) is 5.75 Å². The largest absolute Gasteiger partial charge is 0.495 e. The number of ether oxygens (including phenoxy) is 2. The van der Waals surface area contributed by atoms with Crippen LogP contribution in [-0.4, -0.2) is 24.2 Å². The molecule has 0 spiro atoms. The van der Waals surface area contributed by atoms with Gasteiger partial charge in [-0.1, -0.05) is 18.5 Å². The van der Waals surface area contributed by atoms with Gasteiger partial charge in [-0.3, -0.25) is 9.59 Å². The molecule has 0 unspecified atom stereocenters. The van der Waals surface area contributed by atoms with E-state index in [9.17, 15) is 9.59 Å². The molecule has 6 nitrogen and oxygen atoms in total. The molecule has 7 heteroatoms. The van der Waals surface area contributed by atoms with Gasteiger partial charge in [0, 0.05) is 17.3 Å². The van der Waals surface area contributed by atoms with Crippen LogP contribution in [0.3, 0.4) is 0 Å². The Balaban J connectivity index is 2.16. The van der Waals surface area contributed by atoms with E-state index in [0.717, 1.165) is 12.0 Å². The zero-order chi connectivity index (χ0) is 18.4. The van der Waals surface area contributed by atoms with Gasteiger partial charge < -0.3 is 19.4 Å². The lowest BCUT2D eigenvalue weighted by molar-refractivity contribution is -0.116. The van der Waals surface area contributed by atoms with E-state index in [-0.39, 0.29) is 23.8 Å². The lowest BCUT2D eigenvalue weighted by Gasteiger charge is -2.13. The molecule has 1 aromatic carbocycles. The molecular formula is C18H21ClN2O4. The molecule has 0 saturated heterocycles. The van der Waals surface area contributed by atoms with Crippen LogP contribution in [-0.2, 0) is 11.3 Å². The van der Waals surface area contributed by atoms with Gasteiger partial charge >= 0.3 is 0 Å². The second-order valence-corrected chi connectivity index (χ2v) is 5.91. The van der Waals surface area contributed by atoms with Gasteiger partial charge in [-0.15, -0.1) is 0 Å². The number of aromatic nitrogens is 1. The van der Waals surface area contributed by atoms with Gasteiger partial charge in [-0.05, 0) is 37.1 Å². The fourth-order valence-corrected chi connectivity index (χ4v) is 2.39. The number of methoxy groups -OCH3 is 1. The number of amides is 1. The third-order valence-corrected chi connectivity index (χ3v) is 3.92. The first-order valence-electron chi connectivity index (χ1n) is 7.92. The number of benzene rings is 1. The highest BCUT2D eigenvalue weighted by atomic mass is 35.5. The predicted molar refractivity (Wildman–Crippen MR) is 97.9 cm³/mol. The van der Waals surface area contributed by atoms with Crippen LogP contribution in [0.4, 0.5) is 5.69 Å². The predicted octanol–water partition coefficient (Wildman–Crippen LogP) is 3.25. The van der Waals surface area contributed by atoms with Crippen molar-refractivity contribution >= 4 is 23.2 Å². The highest BCUT2D eigenvalue weighted by Gasteiger charge is 2.12. The Kier molecular flexibility index (Phi) is 6.47. The Morgan fingerprint density at radius 1 is 1.32 bits per heavy atom. The Hall–Kier alpha value is -2.47. The SMILES string of the molecule is CCCOc1cccn(CC(=O)Nc2cc(C)c(Cl)cc2OC)c1=O. The fourth-order valence-electron chi connectivity index (χ4n) is 2.24. The van der Waals surface area contributed by atoms with Crippen molar-refractivity contribution in [2.45, 2.75) is 26.8 Å². The molecule has 2 rings (SSSR count). The van der Waals surface area contributed by atoms with Crippen molar-refractivity contribution in [2.75, 3.05) is 19.0 Å². The molecule has 0 radical (unpaired) electrons. The number of hydrogen-bond acceptors (Lipinski definition) is 4. The van der Waals surface area contributed by atoms with Gasteiger partial charge in [-0.2, -0.15) is 0 Å². The molecule has 0 aliphatic carbocycles. The number of carbonyl (C=O) groups is 1. The molecule has 1 N–H and O–H groups in total. The van der Waals surface area contributed by atoms with Gasteiger partial charge in [0.25, 0.3) is 5.56 Å². The maximum atomic E-state index is 12.3. The maximum Gasteiger partial charge on any atom is 0.293 e. The van der Waals surface area contributed by atoms with E-state index in [0.29, 0.717) is 23.1 Å². The normalized spacial score (nSPS) is 10.4. The summed E-state index contributed by atoms with van der Waals surface area (Å²) in [6.07, 6.45) is 2.34. The average Bonchev–Trinajstić information content (AvgIpc) is 2.58. The quantitative estimate of drug-likeness (QED) is 0.818. The van der Waals surface area contributed by atoms with Crippen molar-refractivity contribution in [3.63, 3.8) is 0 Å². The van der Waals surface area contributed by atoms with Crippen LogP contribution in [0.5, 0.6) is 11.5 Å². The van der Waals surface area contributed by atoms with Crippen LogP contribution in [0.2, 0.25) is 5.02 Å². The van der Waals surface area contributed by atoms with Crippen LogP contribution < -0.4 is 20.3 Å². The number of hydrogen-bond donors (Lipinski definition) is 1. The minimum absolute atomic E-state index is 0.132. The highest BCUT2D eigenvalue weighted by Crippen LogP contribution is 2.30. The first-order chi connectivity index (χ1) is 12.0. The lowest BCUT2D eigenvalue weighted by atomic mass is 10.2. The van der Waals surface area contributed by atoms with Crippen molar-refractivity contribution in [3.8, 4) is 11.5 Å². The van der Waals surface area contributed by atoms with Gasteiger partial charge in [-0.25, -0.2) is 0 Å². The van der Waals surface area contributed by atoms with Crippen LogP contribution in [0.15, 0.2) is 35.3 Å². The number of nitrogens with one attached hydrogen (secondary N) is 1. The van der Waals surface area contributed by atoms with Crippen LogP contribution >= 0.6 is 11.6 Å². The molecule has 0 aliphatic heterocycles. The summed E-state index contributed by atoms with van der Waals surface area (Å²) in [7, 11) is 1.50. The fraction of sp³-hybridized carbons (Fsp3) is 0.333. The Morgan fingerprint density at radius 2 is 2.08 bits per heavy atom.